The van der Waals surface area contributed by atoms with Gasteiger partial charge >= 0.3 is 0 Å². The molecule has 0 atom stereocenters. The minimum absolute atomic E-state index is 0. The van der Waals surface area contributed by atoms with Gasteiger partial charge < -0.3 is 11.1 Å². The molecule has 1 aliphatic heterocycles. The van der Waals surface area contributed by atoms with Gasteiger partial charge in [-0.05, 0) is 31.0 Å². The Balaban J connectivity index is 0.00000243. The van der Waals surface area contributed by atoms with E-state index in [-0.39, 0.29) is 35.4 Å². The summed E-state index contributed by atoms with van der Waals surface area (Å²) in [7, 11) is -3.53. The van der Waals surface area contributed by atoms with Crippen LogP contribution in [-0.4, -0.2) is 36.7 Å². The Kier molecular flexibility index (Phi) is 7.13. The van der Waals surface area contributed by atoms with Crippen LogP contribution in [0.15, 0.2) is 34.5 Å². The van der Waals surface area contributed by atoms with Crippen LogP contribution < -0.4 is 11.1 Å². The first-order chi connectivity index (χ1) is 12.0. The highest BCUT2D eigenvalue weighted by atomic mass is 35.5. The maximum Gasteiger partial charge on any atom is 0.275 e. The van der Waals surface area contributed by atoms with Gasteiger partial charge in [0.25, 0.3) is 5.91 Å². The first-order valence-electron chi connectivity index (χ1n) is 8.07. The standard InChI is InChI=1S/C16H20N4O3S2.ClH/c17-10-15-19-14(11-24-15)16(21)18-12-5-4-6-13(9-12)25(22,23)20-7-2-1-3-8-20;/h4-6,9,11H,1-3,7-8,10,17H2,(H,18,21);1H. The van der Waals surface area contributed by atoms with E-state index >= 15 is 0 Å². The van der Waals surface area contributed by atoms with E-state index in [2.05, 4.69) is 10.3 Å². The number of benzene rings is 1. The zero-order valence-corrected chi connectivity index (χ0v) is 16.5. The van der Waals surface area contributed by atoms with Crippen LogP contribution in [0.2, 0.25) is 0 Å². The number of sulfonamides is 1. The molecule has 142 valence electrons. The molecule has 10 heteroatoms. The second kappa shape index (κ2) is 8.92. The number of thiazole rings is 1. The molecular formula is C16H21ClN4O3S2. The maximum absolute atomic E-state index is 12.7. The fourth-order valence-corrected chi connectivity index (χ4v) is 4.91. The van der Waals surface area contributed by atoms with E-state index in [0.29, 0.717) is 23.8 Å². The molecular weight excluding hydrogens is 396 g/mol. The topological polar surface area (TPSA) is 105 Å². The number of aromatic nitrogens is 1. The van der Waals surface area contributed by atoms with Crippen molar-refractivity contribution in [1.29, 1.82) is 0 Å². The molecule has 1 aliphatic rings. The molecule has 1 aromatic carbocycles. The highest BCUT2D eigenvalue weighted by Gasteiger charge is 2.26. The van der Waals surface area contributed by atoms with Crippen LogP contribution in [0, 0.1) is 0 Å². The van der Waals surface area contributed by atoms with Gasteiger partial charge in [-0.1, -0.05) is 12.5 Å². The van der Waals surface area contributed by atoms with Crippen molar-refractivity contribution in [2.24, 2.45) is 5.73 Å². The van der Waals surface area contributed by atoms with E-state index in [1.165, 1.54) is 21.7 Å². The third-order valence-electron chi connectivity index (χ3n) is 4.00. The summed E-state index contributed by atoms with van der Waals surface area (Å²) >= 11 is 1.32. The number of carbonyl (C=O) groups excluding carboxylic acids is 1. The quantitative estimate of drug-likeness (QED) is 0.778. The Bertz CT molecular complexity index is 864. The summed E-state index contributed by atoms with van der Waals surface area (Å²) in [5, 5.41) is 5.00. The van der Waals surface area contributed by atoms with Gasteiger partial charge in [0.2, 0.25) is 10.0 Å². The maximum atomic E-state index is 12.7. The van der Waals surface area contributed by atoms with Gasteiger partial charge in [0.05, 0.1) is 4.90 Å². The van der Waals surface area contributed by atoms with E-state index in [4.69, 9.17) is 5.73 Å². The second-order valence-corrected chi connectivity index (χ2v) is 8.66. The number of halogens is 1. The number of nitrogens with two attached hydrogens (primary N) is 1. The molecule has 26 heavy (non-hydrogen) atoms. The number of carbonyl (C=O) groups is 1. The minimum atomic E-state index is -3.53. The van der Waals surface area contributed by atoms with Crippen LogP contribution in [0.25, 0.3) is 0 Å². The summed E-state index contributed by atoms with van der Waals surface area (Å²) in [6.45, 7) is 1.36. The summed E-state index contributed by atoms with van der Waals surface area (Å²) in [5.41, 5.74) is 6.19. The first-order valence-corrected chi connectivity index (χ1v) is 10.4. The molecule has 1 aromatic heterocycles. The minimum Gasteiger partial charge on any atom is -0.325 e. The van der Waals surface area contributed by atoms with Crippen LogP contribution in [0.4, 0.5) is 5.69 Å². The first kappa shape index (κ1) is 20.8. The fourth-order valence-electron chi connectivity index (χ4n) is 2.69. The average molecular weight is 417 g/mol. The van der Waals surface area contributed by atoms with Gasteiger partial charge in [0.1, 0.15) is 10.7 Å². The molecule has 1 amide bonds. The van der Waals surface area contributed by atoms with Crippen molar-refractivity contribution >= 4 is 45.4 Å². The molecule has 2 aromatic rings. The Morgan fingerprint density at radius 2 is 2.00 bits per heavy atom. The number of nitrogens with one attached hydrogen (secondary N) is 1. The van der Waals surface area contributed by atoms with Gasteiger partial charge in [-0.2, -0.15) is 4.31 Å². The zero-order valence-electron chi connectivity index (χ0n) is 14.1. The smallest absolute Gasteiger partial charge is 0.275 e. The van der Waals surface area contributed by atoms with Crippen LogP contribution in [0.1, 0.15) is 34.8 Å². The largest absolute Gasteiger partial charge is 0.325 e. The lowest BCUT2D eigenvalue weighted by atomic mass is 10.2. The predicted molar refractivity (Wildman–Crippen MR) is 104 cm³/mol. The number of piperidine rings is 1. The van der Waals surface area contributed by atoms with Crippen molar-refractivity contribution in [3.8, 4) is 0 Å². The second-order valence-electron chi connectivity index (χ2n) is 5.78. The molecule has 0 saturated carbocycles. The highest BCUT2D eigenvalue weighted by Crippen LogP contribution is 2.23. The van der Waals surface area contributed by atoms with Crippen LogP contribution in [0.5, 0.6) is 0 Å². The number of amides is 1. The van der Waals surface area contributed by atoms with E-state index in [0.717, 1.165) is 19.3 Å². The molecule has 0 unspecified atom stereocenters. The van der Waals surface area contributed by atoms with Crippen LogP contribution >= 0.6 is 23.7 Å². The molecule has 3 rings (SSSR count). The third kappa shape index (κ3) is 4.60. The number of nitrogens with zero attached hydrogens (tertiary/aromatic N) is 2. The summed E-state index contributed by atoms with van der Waals surface area (Å²) in [6.07, 6.45) is 2.81. The van der Waals surface area contributed by atoms with E-state index in [9.17, 15) is 13.2 Å². The molecule has 0 bridgehead atoms. The monoisotopic (exact) mass is 416 g/mol. The van der Waals surface area contributed by atoms with Crippen molar-refractivity contribution < 1.29 is 13.2 Å². The zero-order chi connectivity index (χ0) is 17.9. The molecule has 1 saturated heterocycles. The molecule has 0 aliphatic carbocycles. The van der Waals surface area contributed by atoms with Crippen molar-refractivity contribution in [2.45, 2.75) is 30.7 Å². The van der Waals surface area contributed by atoms with Gasteiger partial charge in [-0.25, -0.2) is 13.4 Å². The lowest BCUT2D eigenvalue weighted by molar-refractivity contribution is 0.102. The molecule has 1 fully saturated rings. The molecule has 2 heterocycles. The van der Waals surface area contributed by atoms with Gasteiger partial charge in [0.15, 0.2) is 0 Å². The number of rotatable bonds is 5. The van der Waals surface area contributed by atoms with Crippen molar-refractivity contribution in [3.05, 3.63) is 40.3 Å². The highest BCUT2D eigenvalue weighted by molar-refractivity contribution is 7.89. The summed E-state index contributed by atoms with van der Waals surface area (Å²) in [6, 6.07) is 6.31. The number of anilines is 1. The van der Waals surface area contributed by atoms with Crippen LogP contribution in [0.3, 0.4) is 0 Å². The lowest BCUT2D eigenvalue weighted by Crippen LogP contribution is -2.35. The Hall–Kier alpha value is -1.52. The molecule has 7 nitrogen and oxygen atoms in total. The van der Waals surface area contributed by atoms with E-state index < -0.39 is 10.0 Å². The van der Waals surface area contributed by atoms with Crippen molar-refractivity contribution in [1.82, 2.24) is 9.29 Å². The number of hydrogen-bond donors (Lipinski definition) is 2. The van der Waals surface area contributed by atoms with Gasteiger partial charge in [-0.15, -0.1) is 23.7 Å². The average Bonchev–Trinajstić information content (AvgIpc) is 3.12. The Morgan fingerprint density at radius 1 is 1.27 bits per heavy atom. The van der Waals surface area contributed by atoms with E-state index in [1.807, 2.05) is 0 Å². The Labute approximate surface area is 163 Å². The predicted octanol–water partition coefficient (Wildman–Crippen LogP) is 2.45. The van der Waals surface area contributed by atoms with Gasteiger partial charge in [0, 0.05) is 30.7 Å². The molecule has 0 radical (unpaired) electrons. The molecule has 3 N–H and O–H groups in total. The van der Waals surface area contributed by atoms with Crippen molar-refractivity contribution in [3.63, 3.8) is 0 Å². The molecule has 0 spiro atoms. The SMILES string of the molecule is Cl.NCc1nc(C(=O)Nc2cccc(S(=O)(=O)N3CCCCC3)c2)cs1. The van der Waals surface area contributed by atoms with Gasteiger partial charge in [-0.3, -0.25) is 4.79 Å². The van der Waals surface area contributed by atoms with Crippen LogP contribution in [-0.2, 0) is 16.6 Å². The summed E-state index contributed by atoms with van der Waals surface area (Å²) in [4.78, 5) is 16.6. The summed E-state index contributed by atoms with van der Waals surface area (Å²) < 4.78 is 27.0. The lowest BCUT2D eigenvalue weighted by Gasteiger charge is -2.26. The number of hydrogen-bond acceptors (Lipinski definition) is 6. The van der Waals surface area contributed by atoms with Crippen molar-refractivity contribution in [2.75, 3.05) is 18.4 Å². The normalized spacial score (nSPS) is 15.3. The van der Waals surface area contributed by atoms with E-state index in [1.54, 1.807) is 23.6 Å². The fraction of sp³-hybridized carbons (Fsp3) is 0.375. The Morgan fingerprint density at radius 3 is 2.65 bits per heavy atom. The summed E-state index contributed by atoms with van der Waals surface area (Å²) in [5.74, 6) is -0.386. The third-order valence-corrected chi connectivity index (χ3v) is 6.77.